The van der Waals surface area contributed by atoms with Gasteiger partial charge in [-0.15, -0.1) is 0 Å². The molecule has 0 radical (unpaired) electrons. The fraction of sp³-hybridized carbons (Fsp3) is 0. The smallest absolute Gasteiger partial charge is 0.277 e. The van der Waals surface area contributed by atoms with E-state index in [-0.39, 0.29) is 21.9 Å². The van der Waals surface area contributed by atoms with Crippen LogP contribution in [0, 0.1) is 20.2 Å². The van der Waals surface area contributed by atoms with Gasteiger partial charge in [0.05, 0.1) is 15.9 Å². The van der Waals surface area contributed by atoms with Gasteiger partial charge in [0, 0.05) is 23.4 Å². The zero-order chi connectivity index (χ0) is 15.4. The van der Waals surface area contributed by atoms with Crippen molar-refractivity contribution in [2.24, 2.45) is 0 Å². The molecule has 0 saturated heterocycles. The summed E-state index contributed by atoms with van der Waals surface area (Å²) in [5, 5.41) is 24.5. The van der Waals surface area contributed by atoms with Crippen LogP contribution in [0.5, 0.6) is 0 Å². The highest BCUT2D eigenvalue weighted by molar-refractivity contribution is 7.81. The molecule has 0 unspecified atom stereocenters. The van der Waals surface area contributed by atoms with E-state index in [2.05, 4.69) is 5.32 Å². The van der Waals surface area contributed by atoms with Gasteiger partial charge in [-0.1, -0.05) is 30.4 Å². The fourth-order valence-corrected chi connectivity index (χ4v) is 1.90. The van der Waals surface area contributed by atoms with Crippen LogP contribution in [-0.2, 0) is 0 Å². The van der Waals surface area contributed by atoms with Crippen molar-refractivity contribution in [3.8, 4) is 0 Å². The predicted octanol–water partition coefficient (Wildman–Crippen LogP) is 3.29. The van der Waals surface area contributed by atoms with Crippen LogP contribution in [0.25, 0.3) is 0 Å². The summed E-state index contributed by atoms with van der Waals surface area (Å²) in [7, 11) is 0. The van der Waals surface area contributed by atoms with Crippen molar-refractivity contribution in [1.29, 1.82) is 0 Å². The number of rotatable bonds is 4. The van der Waals surface area contributed by atoms with Gasteiger partial charge in [-0.2, -0.15) is 0 Å². The number of benzene rings is 2. The Hall–Kier alpha value is -2.87. The third kappa shape index (κ3) is 3.57. The predicted molar refractivity (Wildman–Crippen MR) is 81.5 cm³/mol. The minimum absolute atomic E-state index is 0.174. The van der Waals surface area contributed by atoms with Crippen molar-refractivity contribution in [2.75, 3.05) is 5.32 Å². The summed E-state index contributed by atoms with van der Waals surface area (Å²) in [4.78, 5) is 20.4. The Balaban J connectivity index is 2.36. The van der Waals surface area contributed by atoms with Gasteiger partial charge in [0.25, 0.3) is 11.4 Å². The lowest BCUT2D eigenvalue weighted by atomic mass is 10.1. The number of hydrogen-bond donors (Lipinski definition) is 1. The van der Waals surface area contributed by atoms with Crippen LogP contribution in [0.15, 0.2) is 48.5 Å². The molecular weight excluding hydrogens is 294 g/mol. The molecule has 0 fully saturated rings. The van der Waals surface area contributed by atoms with Gasteiger partial charge in [-0.05, 0) is 12.1 Å². The van der Waals surface area contributed by atoms with Crippen molar-refractivity contribution in [3.63, 3.8) is 0 Å². The van der Waals surface area contributed by atoms with E-state index in [9.17, 15) is 20.2 Å². The second kappa shape index (κ2) is 6.06. The second-order valence-electron chi connectivity index (χ2n) is 4.07. The Morgan fingerprint density at radius 3 is 1.95 bits per heavy atom. The minimum atomic E-state index is -0.693. The number of nitrogens with one attached hydrogen (secondary N) is 1. The summed E-state index contributed by atoms with van der Waals surface area (Å²) in [6.45, 7) is 0. The van der Waals surface area contributed by atoms with Crippen molar-refractivity contribution < 1.29 is 9.85 Å². The van der Waals surface area contributed by atoms with Crippen LogP contribution in [0.3, 0.4) is 0 Å². The van der Waals surface area contributed by atoms with Gasteiger partial charge in [-0.3, -0.25) is 20.2 Å². The van der Waals surface area contributed by atoms with Crippen LogP contribution in [0.1, 0.15) is 5.56 Å². The van der Waals surface area contributed by atoms with E-state index in [1.807, 2.05) is 6.07 Å². The fourth-order valence-electron chi connectivity index (χ4n) is 1.66. The molecule has 0 bridgehead atoms. The molecule has 0 aliphatic rings. The molecule has 8 heteroatoms. The van der Waals surface area contributed by atoms with Gasteiger partial charge >= 0.3 is 0 Å². The van der Waals surface area contributed by atoms with E-state index in [0.29, 0.717) is 5.69 Å². The lowest BCUT2D eigenvalue weighted by Crippen LogP contribution is -2.11. The number of non-ortho nitro benzene ring substituents is 2. The summed E-state index contributed by atoms with van der Waals surface area (Å²) >= 11 is 5.14. The summed E-state index contributed by atoms with van der Waals surface area (Å²) in [5.41, 5.74) is 0.152. The number of nitrogens with zero attached hydrogens (tertiary/aromatic N) is 2. The lowest BCUT2D eigenvalue weighted by Gasteiger charge is -2.07. The highest BCUT2D eigenvalue weighted by Gasteiger charge is 2.18. The van der Waals surface area contributed by atoms with Crippen molar-refractivity contribution in [1.82, 2.24) is 0 Å². The van der Waals surface area contributed by atoms with Crippen molar-refractivity contribution >= 4 is 34.3 Å². The number of nitro groups is 2. The quantitative estimate of drug-likeness (QED) is 0.528. The van der Waals surface area contributed by atoms with Crippen LogP contribution in [-0.4, -0.2) is 14.8 Å². The molecule has 2 aromatic carbocycles. The first-order valence-corrected chi connectivity index (χ1v) is 6.18. The first-order chi connectivity index (χ1) is 9.97. The SMILES string of the molecule is O=[N+]([O-])c1cc(C(=S)Nc2ccccc2)cc([N+](=O)[O-])c1. The van der Waals surface area contributed by atoms with Gasteiger partial charge in [0.1, 0.15) is 4.99 Å². The molecule has 1 N–H and O–H groups in total. The maximum Gasteiger partial charge on any atom is 0.277 e. The molecule has 0 atom stereocenters. The monoisotopic (exact) mass is 303 g/mol. The number of thiocarbonyl (C=S) groups is 1. The van der Waals surface area contributed by atoms with Gasteiger partial charge in [0.15, 0.2) is 0 Å². The van der Waals surface area contributed by atoms with E-state index in [1.54, 1.807) is 24.3 Å². The molecule has 0 spiro atoms. The maximum atomic E-state index is 10.8. The molecule has 0 saturated carbocycles. The summed E-state index contributed by atoms with van der Waals surface area (Å²) in [6, 6.07) is 12.2. The Kier molecular flexibility index (Phi) is 4.19. The van der Waals surface area contributed by atoms with Gasteiger partial charge in [0.2, 0.25) is 0 Å². The molecule has 2 rings (SSSR count). The Labute approximate surface area is 124 Å². The van der Waals surface area contributed by atoms with Crippen LogP contribution >= 0.6 is 12.2 Å². The summed E-state index contributed by atoms with van der Waals surface area (Å²) < 4.78 is 0. The molecule has 0 heterocycles. The number of nitro benzene ring substituents is 2. The minimum Gasteiger partial charge on any atom is -0.346 e. The molecule has 0 amide bonds. The molecule has 2 aromatic rings. The van der Waals surface area contributed by atoms with Crippen molar-refractivity contribution in [3.05, 3.63) is 74.3 Å². The largest absolute Gasteiger partial charge is 0.346 e. The van der Waals surface area contributed by atoms with Crippen LogP contribution in [0.4, 0.5) is 17.1 Å². The topological polar surface area (TPSA) is 98.3 Å². The highest BCUT2D eigenvalue weighted by atomic mass is 32.1. The van der Waals surface area contributed by atoms with E-state index in [4.69, 9.17) is 12.2 Å². The Morgan fingerprint density at radius 2 is 1.48 bits per heavy atom. The molecule has 106 valence electrons. The Morgan fingerprint density at radius 1 is 0.952 bits per heavy atom. The summed E-state index contributed by atoms with van der Waals surface area (Å²) in [5.74, 6) is 0. The van der Waals surface area contributed by atoms with Crippen LogP contribution < -0.4 is 5.32 Å². The first-order valence-electron chi connectivity index (χ1n) is 5.77. The number of hydrogen-bond acceptors (Lipinski definition) is 5. The van der Waals surface area contributed by atoms with E-state index < -0.39 is 9.85 Å². The van der Waals surface area contributed by atoms with Gasteiger partial charge < -0.3 is 5.32 Å². The third-order valence-electron chi connectivity index (χ3n) is 2.62. The zero-order valence-corrected chi connectivity index (χ0v) is 11.4. The van der Waals surface area contributed by atoms with E-state index in [1.165, 1.54) is 12.1 Å². The zero-order valence-electron chi connectivity index (χ0n) is 10.6. The second-order valence-corrected chi connectivity index (χ2v) is 4.48. The summed E-state index contributed by atoms with van der Waals surface area (Å²) in [6.07, 6.45) is 0. The average Bonchev–Trinajstić information content (AvgIpc) is 2.47. The molecular formula is C13H9N3O4S. The lowest BCUT2D eigenvalue weighted by molar-refractivity contribution is -0.394. The molecule has 21 heavy (non-hydrogen) atoms. The standard InChI is InChI=1S/C13H9N3O4S/c17-15(18)11-6-9(7-12(8-11)16(19)20)13(21)14-10-4-2-1-3-5-10/h1-8H,(H,14,21). The number of anilines is 1. The maximum absolute atomic E-state index is 10.8. The van der Waals surface area contributed by atoms with E-state index >= 15 is 0 Å². The first kappa shape index (κ1) is 14.5. The van der Waals surface area contributed by atoms with Gasteiger partial charge in [-0.25, -0.2) is 0 Å². The molecule has 0 aliphatic heterocycles. The molecule has 0 aliphatic carbocycles. The third-order valence-corrected chi connectivity index (χ3v) is 2.96. The van der Waals surface area contributed by atoms with Crippen LogP contribution in [0.2, 0.25) is 0 Å². The number of para-hydroxylation sites is 1. The van der Waals surface area contributed by atoms with Crippen molar-refractivity contribution in [2.45, 2.75) is 0 Å². The average molecular weight is 303 g/mol. The van der Waals surface area contributed by atoms with E-state index in [0.717, 1.165) is 6.07 Å². The Bertz CT molecular complexity index is 686. The normalized spacial score (nSPS) is 9.90. The highest BCUT2D eigenvalue weighted by Crippen LogP contribution is 2.23. The molecule has 0 aromatic heterocycles. The molecule has 7 nitrogen and oxygen atoms in total.